The maximum Gasteiger partial charge on any atom is 0.407 e. The van der Waals surface area contributed by atoms with E-state index in [1.165, 1.54) is 0 Å². The minimum atomic E-state index is -0.512. The Morgan fingerprint density at radius 2 is 1.96 bits per heavy atom. The smallest absolute Gasteiger partial charge is 0.407 e. The second-order valence-electron chi connectivity index (χ2n) is 5.57. The van der Waals surface area contributed by atoms with Crippen molar-refractivity contribution in [3.8, 4) is 5.75 Å². The summed E-state index contributed by atoms with van der Waals surface area (Å²) in [6.45, 7) is 13.7. The molecule has 1 amide bonds. The first-order valence-corrected chi connectivity index (χ1v) is 8.37. The third-order valence-corrected chi connectivity index (χ3v) is 2.86. The number of phenolic OH excluding ortho intramolecular Hbond substituents is 1. The molecule has 130 valence electrons. The Labute approximate surface area is 147 Å². The Kier molecular flexibility index (Phi) is 9.41. The summed E-state index contributed by atoms with van der Waals surface area (Å²) in [5.41, 5.74) is 0.729. The molecule has 0 aliphatic rings. The number of benzene rings is 1. The second-order valence-corrected chi connectivity index (χ2v) is 6.48. The number of carbonyl (C=O) groups is 1. The lowest BCUT2D eigenvalue weighted by atomic mass is 10.2. The van der Waals surface area contributed by atoms with Crippen LogP contribution in [0.1, 0.15) is 41.0 Å². The number of anilines is 1. The predicted molar refractivity (Wildman–Crippen MR) is 98.8 cm³/mol. The van der Waals surface area contributed by atoms with E-state index < -0.39 is 11.7 Å². The molecule has 0 spiro atoms. The zero-order valence-corrected chi connectivity index (χ0v) is 16.1. The van der Waals surface area contributed by atoms with Gasteiger partial charge in [0.25, 0.3) is 0 Å². The average Bonchev–Trinajstić information content (AvgIpc) is 2.43. The molecule has 1 aromatic rings. The SMILES string of the molecule is C=C(CCNC(=O)OC(C)(C)C)Nc1cc(Br)ccc1O.CC. The number of phenols is 1. The molecule has 6 heteroatoms. The van der Waals surface area contributed by atoms with Gasteiger partial charge in [0.2, 0.25) is 0 Å². The molecule has 0 fully saturated rings. The van der Waals surface area contributed by atoms with Crippen molar-refractivity contribution in [3.05, 3.63) is 34.9 Å². The first-order chi connectivity index (χ1) is 10.7. The molecule has 0 aliphatic heterocycles. The van der Waals surface area contributed by atoms with Crippen molar-refractivity contribution in [3.63, 3.8) is 0 Å². The zero-order valence-electron chi connectivity index (χ0n) is 14.5. The molecule has 0 saturated heterocycles. The number of aromatic hydroxyl groups is 1. The second kappa shape index (κ2) is 10.2. The Bertz CT molecular complexity index is 525. The first-order valence-electron chi connectivity index (χ1n) is 7.57. The summed E-state index contributed by atoms with van der Waals surface area (Å²) < 4.78 is 5.98. The van der Waals surface area contributed by atoms with E-state index in [0.717, 1.165) is 4.47 Å². The number of alkyl carbamates (subject to hydrolysis) is 1. The molecule has 3 N–H and O–H groups in total. The maximum atomic E-state index is 11.5. The lowest BCUT2D eigenvalue weighted by molar-refractivity contribution is 0.0528. The van der Waals surface area contributed by atoms with Crippen LogP contribution in [-0.2, 0) is 4.74 Å². The van der Waals surface area contributed by atoms with Crippen LogP contribution in [0.15, 0.2) is 34.9 Å². The van der Waals surface area contributed by atoms with Crippen molar-refractivity contribution in [2.45, 2.75) is 46.6 Å². The monoisotopic (exact) mass is 386 g/mol. The average molecular weight is 387 g/mol. The molecule has 0 aliphatic carbocycles. The number of amides is 1. The van der Waals surface area contributed by atoms with Crippen molar-refractivity contribution in [2.75, 3.05) is 11.9 Å². The van der Waals surface area contributed by atoms with Gasteiger partial charge in [-0.15, -0.1) is 0 Å². The van der Waals surface area contributed by atoms with Crippen LogP contribution in [0.4, 0.5) is 10.5 Å². The minimum absolute atomic E-state index is 0.138. The molecule has 1 aromatic carbocycles. The lowest BCUT2D eigenvalue weighted by Crippen LogP contribution is -2.33. The Balaban J connectivity index is 0.00000232. The van der Waals surface area contributed by atoms with E-state index in [1.807, 2.05) is 34.6 Å². The predicted octanol–water partition coefficient (Wildman–Crippen LogP) is 5.02. The van der Waals surface area contributed by atoms with Crippen LogP contribution in [0.2, 0.25) is 0 Å². The fourth-order valence-corrected chi connectivity index (χ4v) is 1.85. The van der Waals surface area contributed by atoms with Gasteiger partial charge in [0.05, 0.1) is 5.69 Å². The molecule has 0 radical (unpaired) electrons. The van der Waals surface area contributed by atoms with Gasteiger partial charge in [-0.25, -0.2) is 4.79 Å². The van der Waals surface area contributed by atoms with Crippen molar-refractivity contribution in [1.82, 2.24) is 5.32 Å². The number of rotatable bonds is 5. The standard InChI is InChI=1S/C15H21BrN2O3.C2H6/c1-10(7-8-17-14(20)21-15(2,3)4)18-12-9-11(16)5-6-13(12)19;1-2/h5-6,9,18-19H,1,7-8H2,2-4H3,(H,17,20);1-2H3. The summed E-state index contributed by atoms with van der Waals surface area (Å²) in [6.07, 6.45) is 0.0613. The highest BCUT2D eigenvalue weighted by atomic mass is 79.9. The number of nitrogens with one attached hydrogen (secondary N) is 2. The van der Waals surface area contributed by atoms with E-state index in [2.05, 4.69) is 33.1 Å². The largest absolute Gasteiger partial charge is 0.506 e. The summed E-state index contributed by atoms with van der Waals surface area (Å²) in [5, 5.41) is 15.4. The third kappa shape index (κ3) is 9.84. The Hall–Kier alpha value is -1.69. The fraction of sp³-hybridized carbons (Fsp3) is 0.471. The van der Waals surface area contributed by atoms with Crippen LogP contribution in [0.5, 0.6) is 5.75 Å². The van der Waals surface area contributed by atoms with Gasteiger partial charge < -0.3 is 20.5 Å². The number of ether oxygens (including phenoxy) is 1. The molecular weight excluding hydrogens is 360 g/mol. The van der Waals surface area contributed by atoms with Gasteiger partial charge in [-0.05, 0) is 39.0 Å². The van der Waals surface area contributed by atoms with E-state index in [-0.39, 0.29) is 5.75 Å². The highest BCUT2D eigenvalue weighted by molar-refractivity contribution is 9.10. The normalized spacial score (nSPS) is 10.2. The lowest BCUT2D eigenvalue weighted by Gasteiger charge is -2.20. The van der Waals surface area contributed by atoms with E-state index in [1.54, 1.807) is 18.2 Å². The number of hydrogen-bond acceptors (Lipinski definition) is 4. The van der Waals surface area contributed by atoms with Gasteiger partial charge in [0.15, 0.2) is 0 Å². The summed E-state index contributed by atoms with van der Waals surface area (Å²) in [6, 6.07) is 5.08. The molecular formula is C17H27BrN2O3. The third-order valence-electron chi connectivity index (χ3n) is 2.37. The molecule has 0 atom stereocenters. The molecule has 0 aromatic heterocycles. The molecule has 5 nitrogen and oxygen atoms in total. The van der Waals surface area contributed by atoms with Crippen molar-refractivity contribution < 1.29 is 14.6 Å². The van der Waals surface area contributed by atoms with Gasteiger partial charge >= 0.3 is 6.09 Å². The number of carbonyl (C=O) groups excluding carboxylic acids is 1. The van der Waals surface area contributed by atoms with E-state index in [9.17, 15) is 9.90 Å². The van der Waals surface area contributed by atoms with Crippen LogP contribution in [0, 0.1) is 0 Å². The van der Waals surface area contributed by atoms with Crippen LogP contribution >= 0.6 is 15.9 Å². The highest BCUT2D eigenvalue weighted by Crippen LogP contribution is 2.27. The van der Waals surface area contributed by atoms with E-state index in [4.69, 9.17) is 4.74 Å². The Morgan fingerprint density at radius 1 is 1.35 bits per heavy atom. The van der Waals surface area contributed by atoms with Crippen LogP contribution in [-0.4, -0.2) is 23.3 Å². The van der Waals surface area contributed by atoms with Gasteiger partial charge in [-0.2, -0.15) is 0 Å². The van der Waals surface area contributed by atoms with Crippen molar-refractivity contribution in [1.29, 1.82) is 0 Å². The van der Waals surface area contributed by atoms with Crippen LogP contribution < -0.4 is 10.6 Å². The molecule has 23 heavy (non-hydrogen) atoms. The number of halogens is 1. The van der Waals surface area contributed by atoms with E-state index in [0.29, 0.717) is 24.4 Å². The van der Waals surface area contributed by atoms with E-state index >= 15 is 0 Å². The quantitative estimate of drug-likeness (QED) is 0.621. The highest BCUT2D eigenvalue weighted by Gasteiger charge is 2.15. The molecule has 0 heterocycles. The van der Waals surface area contributed by atoms with Crippen molar-refractivity contribution >= 4 is 27.7 Å². The molecule has 0 saturated carbocycles. The summed E-state index contributed by atoms with van der Waals surface area (Å²) in [4.78, 5) is 11.5. The topological polar surface area (TPSA) is 70.6 Å². The fourth-order valence-electron chi connectivity index (χ4n) is 1.49. The first kappa shape index (κ1) is 21.3. The van der Waals surface area contributed by atoms with Crippen LogP contribution in [0.25, 0.3) is 0 Å². The van der Waals surface area contributed by atoms with Crippen LogP contribution in [0.3, 0.4) is 0 Å². The molecule has 0 unspecified atom stereocenters. The zero-order chi connectivity index (χ0) is 18.0. The summed E-state index contributed by atoms with van der Waals surface area (Å²) >= 11 is 3.33. The summed E-state index contributed by atoms with van der Waals surface area (Å²) in [5.74, 6) is 0.138. The number of hydrogen-bond donors (Lipinski definition) is 3. The molecule has 0 bridgehead atoms. The summed E-state index contributed by atoms with van der Waals surface area (Å²) in [7, 11) is 0. The minimum Gasteiger partial charge on any atom is -0.506 e. The Morgan fingerprint density at radius 3 is 2.52 bits per heavy atom. The van der Waals surface area contributed by atoms with Gasteiger partial charge in [0, 0.05) is 23.1 Å². The van der Waals surface area contributed by atoms with Gasteiger partial charge in [0.1, 0.15) is 11.4 Å². The maximum absolute atomic E-state index is 11.5. The van der Waals surface area contributed by atoms with Gasteiger partial charge in [-0.1, -0.05) is 36.4 Å². The van der Waals surface area contributed by atoms with Crippen molar-refractivity contribution in [2.24, 2.45) is 0 Å². The van der Waals surface area contributed by atoms with Gasteiger partial charge in [-0.3, -0.25) is 0 Å². The molecule has 1 rings (SSSR count).